The summed E-state index contributed by atoms with van der Waals surface area (Å²) >= 11 is 3.43. The molecule has 0 aliphatic heterocycles. The number of urea groups is 1. The van der Waals surface area contributed by atoms with Gasteiger partial charge in [0.2, 0.25) is 5.91 Å². The van der Waals surface area contributed by atoms with Crippen LogP contribution >= 0.6 is 15.9 Å². The van der Waals surface area contributed by atoms with Crippen molar-refractivity contribution in [3.8, 4) is 5.75 Å². The van der Waals surface area contributed by atoms with Crippen molar-refractivity contribution in [3.05, 3.63) is 52.4 Å². The summed E-state index contributed by atoms with van der Waals surface area (Å²) < 4.78 is 11.1. The minimum Gasteiger partial charge on any atom is -0.496 e. The number of methoxy groups -OCH3 is 1. The Hall–Kier alpha value is -2.32. The number of rotatable bonds is 7. The summed E-state index contributed by atoms with van der Waals surface area (Å²) in [5.74, 6) is 0.928. The zero-order valence-corrected chi connectivity index (χ0v) is 15.6. The second kappa shape index (κ2) is 9.24. The van der Waals surface area contributed by atoms with E-state index < -0.39 is 11.9 Å². The first-order valence-electron chi connectivity index (χ1n) is 7.66. The molecule has 0 aliphatic rings. The molecule has 0 bridgehead atoms. The van der Waals surface area contributed by atoms with Gasteiger partial charge in [-0.2, -0.15) is 0 Å². The summed E-state index contributed by atoms with van der Waals surface area (Å²) in [6.45, 7) is 2.16. The number of hydrogen-bond acceptors (Lipinski definition) is 5. The quantitative estimate of drug-likeness (QED) is 0.653. The Morgan fingerprint density at radius 2 is 2.12 bits per heavy atom. The Labute approximate surface area is 154 Å². The first kappa shape index (κ1) is 19.0. The Kier molecular flexibility index (Phi) is 7.03. The Morgan fingerprint density at radius 1 is 1.32 bits per heavy atom. The van der Waals surface area contributed by atoms with Crippen molar-refractivity contribution in [1.82, 2.24) is 16.0 Å². The highest BCUT2D eigenvalue weighted by molar-refractivity contribution is 9.10. The number of amides is 3. The average molecular weight is 410 g/mol. The molecule has 0 aliphatic carbocycles. The molecule has 0 saturated carbocycles. The number of carbonyl (C=O) groups is 2. The number of furan rings is 1. The van der Waals surface area contributed by atoms with E-state index >= 15 is 0 Å². The van der Waals surface area contributed by atoms with Crippen molar-refractivity contribution in [2.45, 2.75) is 19.5 Å². The molecule has 0 radical (unpaired) electrons. The van der Waals surface area contributed by atoms with Gasteiger partial charge < -0.3 is 19.8 Å². The van der Waals surface area contributed by atoms with Crippen molar-refractivity contribution in [1.29, 1.82) is 0 Å². The lowest BCUT2D eigenvalue weighted by Gasteiger charge is -2.15. The van der Waals surface area contributed by atoms with Crippen LogP contribution < -0.4 is 20.7 Å². The lowest BCUT2D eigenvalue weighted by molar-refractivity contribution is -0.119. The van der Waals surface area contributed by atoms with Gasteiger partial charge in [-0.25, -0.2) is 4.79 Å². The monoisotopic (exact) mass is 409 g/mol. The molecular formula is C17H20BrN3O4. The smallest absolute Gasteiger partial charge is 0.321 e. The third kappa shape index (κ3) is 5.91. The molecule has 8 heteroatoms. The Bertz CT molecular complexity index is 719. The predicted octanol–water partition coefficient (Wildman–Crippen LogP) is 2.73. The molecule has 7 nitrogen and oxygen atoms in total. The van der Waals surface area contributed by atoms with E-state index in [0.717, 1.165) is 15.8 Å². The number of hydrogen-bond donors (Lipinski definition) is 3. The lowest BCUT2D eigenvalue weighted by atomic mass is 10.1. The molecule has 3 amide bonds. The standard InChI is InChI=1S/C17H20BrN3O4/c1-11(12-5-6-15(24-2)14(18)8-12)19-10-16(22)21-17(23)20-9-13-4-3-7-25-13/h3-8,11,19H,9-10H2,1-2H3,(H2,20,21,22,23). The van der Waals surface area contributed by atoms with Gasteiger partial charge in [0.15, 0.2) is 0 Å². The number of imide groups is 1. The molecule has 25 heavy (non-hydrogen) atoms. The average Bonchev–Trinajstić information content (AvgIpc) is 3.11. The van der Waals surface area contributed by atoms with E-state index in [1.165, 1.54) is 6.26 Å². The normalized spacial score (nSPS) is 11.6. The topological polar surface area (TPSA) is 92.6 Å². The van der Waals surface area contributed by atoms with Crippen molar-refractivity contribution < 1.29 is 18.7 Å². The van der Waals surface area contributed by atoms with Crippen LogP contribution in [-0.2, 0) is 11.3 Å². The first-order chi connectivity index (χ1) is 12.0. The number of ether oxygens (including phenoxy) is 1. The van der Waals surface area contributed by atoms with Gasteiger partial charge in [-0.3, -0.25) is 10.1 Å². The van der Waals surface area contributed by atoms with Gasteiger partial charge in [-0.15, -0.1) is 0 Å². The van der Waals surface area contributed by atoms with E-state index in [2.05, 4.69) is 31.9 Å². The van der Waals surface area contributed by atoms with Crippen LogP contribution in [0.2, 0.25) is 0 Å². The molecular weight excluding hydrogens is 390 g/mol. The van der Waals surface area contributed by atoms with Gasteiger partial charge in [0, 0.05) is 6.04 Å². The molecule has 0 saturated heterocycles. The molecule has 0 spiro atoms. The lowest BCUT2D eigenvalue weighted by Crippen LogP contribution is -2.43. The summed E-state index contributed by atoms with van der Waals surface area (Å²) in [5.41, 5.74) is 0.989. The van der Waals surface area contributed by atoms with E-state index in [-0.39, 0.29) is 19.1 Å². The second-order valence-corrected chi connectivity index (χ2v) is 6.16. The maximum absolute atomic E-state index is 11.8. The number of nitrogens with one attached hydrogen (secondary N) is 3. The van der Waals surface area contributed by atoms with Crippen LogP contribution in [-0.4, -0.2) is 25.6 Å². The zero-order chi connectivity index (χ0) is 18.2. The fourth-order valence-electron chi connectivity index (χ4n) is 2.11. The summed E-state index contributed by atoms with van der Waals surface area (Å²) in [7, 11) is 1.60. The van der Waals surface area contributed by atoms with Gasteiger partial charge in [0.05, 0.1) is 30.9 Å². The van der Waals surface area contributed by atoms with Gasteiger partial charge in [0.1, 0.15) is 11.5 Å². The SMILES string of the molecule is COc1ccc(C(C)NCC(=O)NC(=O)NCc2ccco2)cc1Br. The first-order valence-corrected chi connectivity index (χ1v) is 8.45. The fraction of sp³-hybridized carbons (Fsp3) is 0.294. The second-order valence-electron chi connectivity index (χ2n) is 5.31. The highest BCUT2D eigenvalue weighted by Gasteiger charge is 2.12. The molecule has 0 fully saturated rings. The van der Waals surface area contributed by atoms with E-state index in [9.17, 15) is 9.59 Å². The number of benzene rings is 1. The molecule has 2 aromatic rings. The fourth-order valence-corrected chi connectivity index (χ4v) is 2.67. The predicted molar refractivity (Wildman–Crippen MR) is 96.2 cm³/mol. The summed E-state index contributed by atoms with van der Waals surface area (Å²) in [5, 5.41) is 7.87. The van der Waals surface area contributed by atoms with Gasteiger partial charge in [-0.05, 0) is 52.7 Å². The van der Waals surface area contributed by atoms with Crippen molar-refractivity contribution >= 4 is 27.9 Å². The van der Waals surface area contributed by atoms with E-state index in [4.69, 9.17) is 9.15 Å². The highest BCUT2D eigenvalue weighted by Crippen LogP contribution is 2.27. The van der Waals surface area contributed by atoms with Crippen LogP contribution in [0.5, 0.6) is 5.75 Å². The third-order valence-corrected chi connectivity index (χ3v) is 4.12. The number of halogens is 1. The molecule has 1 aromatic heterocycles. The van der Waals surface area contributed by atoms with Crippen molar-refractivity contribution in [2.75, 3.05) is 13.7 Å². The van der Waals surface area contributed by atoms with E-state index in [1.54, 1.807) is 19.2 Å². The maximum Gasteiger partial charge on any atom is 0.321 e. The Balaban J connectivity index is 1.75. The molecule has 3 N–H and O–H groups in total. The largest absolute Gasteiger partial charge is 0.496 e. The van der Waals surface area contributed by atoms with Crippen LogP contribution in [0.15, 0.2) is 45.5 Å². The molecule has 1 heterocycles. The van der Waals surface area contributed by atoms with Gasteiger partial charge in [-0.1, -0.05) is 6.07 Å². The maximum atomic E-state index is 11.8. The zero-order valence-electron chi connectivity index (χ0n) is 14.0. The molecule has 1 unspecified atom stereocenters. The number of carbonyl (C=O) groups excluding carboxylic acids is 2. The van der Waals surface area contributed by atoms with Crippen molar-refractivity contribution in [3.63, 3.8) is 0 Å². The molecule has 134 valence electrons. The van der Waals surface area contributed by atoms with Crippen molar-refractivity contribution in [2.24, 2.45) is 0 Å². The van der Waals surface area contributed by atoms with Crippen LogP contribution in [0.4, 0.5) is 4.79 Å². The van der Waals surface area contributed by atoms with Gasteiger partial charge in [0.25, 0.3) is 0 Å². The third-order valence-electron chi connectivity index (χ3n) is 3.50. The van der Waals surface area contributed by atoms with E-state index in [1.807, 2.05) is 25.1 Å². The minimum atomic E-state index is -0.567. The minimum absolute atomic E-state index is 0.0129. The van der Waals surface area contributed by atoms with E-state index in [0.29, 0.717) is 5.76 Å². The molecule has 1 aromatic carbocycles. The summed E-state index contributed by atoms with van der Waals surface area (Å²) in [6.07, 6.45) is 1.52. The van der Waals surface area contributed by atoms with Crippen LogP contribution in [0, 0.1) is 0 Å². The molecule has 1 atom stereocenters. The van der Waals surface area contributed by atoms with Crippen LogP contribution in [0.1, 0.15) is 24.3 Å². The van der Waals surface area contributed by atoms with Crippen LogP contribution in [0.3, 0.4) is 0 Å². The Morgan fingerprint density at radius 3 is 2.76 bits per heavy atom. The molecule has 2 rings (SSSR count). The van der Waals surface area contributed by atoms with Crippen LogP contribution in [0.25, 0.3) is 0 Å². The highest BCUT2D eigenvalue weighted by atomic mass is 79.9. The summed E-state index contributed by atoms with van der Waals surface area (Å²) in [6, 6.07) is 8.50. The summed E-state index contributed by atoms with van der Waals surface area (Å²) in [4.78, 5) is 23.5. The van der Waals surface area contributed by atoms with Gasteiger partial charge >= 0.3 is 6.03 Å².